The van der Waals surface area contributed by atoms with Crippen LogP contribution in [0, 0.1) is 5.92 Å². The Morgan fingerprint density at radius 1 is 1.07 bits per heavy atom. The third-order valence-corrected chi connectivity index (χ3v) is 3.95. The molecule has 1 heterocycles. The van der Waals surface area contributed by atoms with Crippen LogP contribution < -0.4 is 0 Å². The van der Waals surface area contributed by atoms with Gasteiger partial charge in [0.05, 0.1) is 5.54 Å². The van der Waals surface area contributed by atoms with Gasteiger partial charge >= 0.3 is 0 Å². The molecule has 0 aromatic carbocycles. The zero-order valence-electron chi connectivity index (χ0n) is 10.1. The second-order valence-corrected chi connectivity index (χ2v) is 5.60. The van der Waals surface area contributed by atoms with Crippen molar-refractivity contribution in [1.82, 2.24) is 4.90 Å². The van der Waals surface area contributed by atoms with Gasteiger partial charge in [0.2, 0.25) is 0 Å². The van der Waals surface area contributed by atoms with Gasteiger partial charge in [-0.1, -0.05) is 12.8 Å². The highest BCUT2D eigenvalue weighted by atomic mass is 16.1. The minimum atomic E-state index is -0.203. The number of ketones is 1. The van der Waals surface area contributed by atoms with Crippen LogP contribution in [0.4, 0.5) is 0 Å². The molecule has 0 atom stereocenters. The van der Waals surface area contributed by atoms with Gasteiger partial charge in [0.15, 0.2) is 5.78 Å². The van der Waals surface area contributed by atoms with E-state index in [0.29, 0.717) is 11.7 Å². The van der Waals surface area contributed by atoms with Crippen molar-refractivity contribution >= 4 is 5.78 Å². The van der Waals surface area contributed by atoms with E-state index in [0.717, 1.165) is 25.9 Å². The van der Waals surface area contributed by atoms with E-state index in [1.165, 1.54) is 25.7 Å². The summed E-state index contributed by atoms with van der Waals surface area (Å²) in [6, 6.07) is 0. The van der Waals surface area contributed by atoms with Gasteiger partial charge in [-0.2, -0.15) is 0 Å². The number of Topliss-reactive ketones (excluding diaryl/α,β-unsaturated/α-hetero) is 1. The molecule has 15 heavy (non-hydrogen) atoms. The predicted molar refractivity (Wildman–Crippen MR) is 61.9 cm³/mol. The van der Waals surface area contributed by atoms with Crippen molar-refractivity contribution in [2.24, 2.45) is 5.92 Å². The Bertz CT molecular complexity index is 235. The first-order chi connectivity index (χ1) is 7.12. The molecular weight excluding hydrogens is 186 g/mol. The Morgan fingerprint density at radius 3 is 2.07 bits per heavy atom. The van der Waals surface area contributed by atoms with E-state index in [1.54, 1.807) is 0 Å². The number of carbonyl (C=O) groups excluding carboxylic acids is 1. The Morgan fingerprint density at radius 2 is 1.60 bits per heavy atom. The van der Waals surface area contributed by atoms with E-state index < -0.39 is 0 Å². The lowest BCUT2D eigenvalue weighted by atomic mass is 9.93. The summed E-state index contributed by atoms with van der Waals surface area (Å²) in [5, 5.41) is 0. The highest BCUT2D eigenvalue weighted by Gasteiger charge is 2.42. The average molecular weight is 209 g/mol. The number of carbonyl (C=O) groups is 1. The number of nitrogens with zero attached hydrogens (tertiary/aromatic N) is 1. The first-order valence-electron chi connectivity index (χ1n) is 6.42. The molecule has 0 amide bonds. The molecule has 2 fully saturated rings. The van der Waals surface area contributed by atoms with Crippen molar-refractivity contribution in [3.05, 3.63) is 0 Å². The highest BCUT2D eigenvalue weighted by molar-refractivity contribution is 5.91. The van der Waals surface area contributed by atoms with Crippen LogP contribution in [0.3, 0.4) is 0 Å². The van der Waals surface area contributed by atoms with Crippen molar-refractivity contribution in [1.29, 1.82) is 0 Å². The second kappa shape index (κ2) is 4.25. The summed E-state index contributed by atoms with van der Waals surface area (Å²) in [5.41, 5.74) is -0.203. The van der Waals surface area contributed by atoms with Crippen molar-refractivity contribution in [3.63, 3.8) is 0 Å². The smallest absolute Gasteiger partial charge is 0.155 e. The molecule has 1 saturated carbocycles. The number of likely N-dealkylation sites (tertiary alicyclic amines) is 1. The fourth-order valence-electron chi connectivity index (χ4n) is 2.63. The van der Waals surface area contributed by atoms with Crippen LogP contribution in [-0.4, -0.2) is 29.3 Å². The lowest BCUT2D eigenvalue weighted by Gasteiger charge is -2.36. The molecule has 2 nitrogen and oxygen atoms in total. The maximum Gasteiger partial charge on any atom is 0.155 e. The van der Waals surface area contributed by atoms with Crippen LogP contribution in [0.25, 0.3) is 0 Å². The molecule has 1 saturated heterocycles. The third kappa shape index (κ3) is 2.41. The van der Waals surface area contributed by atoms with Gasteiger partial charge in [-0.3, -0.25) is 9.69 Å². The molecule has 2 heteroatoms. The zero-order chi connectivity index (χ0) is 10.9. The molecule has 0 radical (unpaired) electrons. The summed E-state index contributed by atoms with van der Waals surface area (Å²) in [7, 11) is 0. The quantitative estimate of drug-likeness (QED) is 0.712. The van der Waals surface area contributed by atoms with Crippen LogP contribution in [0.15, 0.2) is 0 Å². The summed E-state index contributed by atoms with van der Waals surface area (Å²) in [4.78, 5) is 14.6. The van der Waals surface area contributed by atoms with E-state index in [-0.39, 0.29) is 5.54 Å². The van der Waals surface area contributed by atoms with Crippen molar-refractivity contribution in [3.8, 4) is 0 Å². The van der Waals surface area contributed by atoms with E-state index in [9.17, 15) is 4.79 Å². The van der Waals surface area contributed by atoms with E-state index in [2.05, 4.69) is 18.7 Å². The molecule has 0 unspecified atom stereocenters. The number of hydrogen-bond donors (Lipinski definition) is 0. The zero-order valence-corrected chi connectivity index (χ0v) is 10.1. The predicted octanol–water partition coefficient (Wildman–Crippen LogP) is 2.62. The van der Waals surface area contributed by atoms with Gasteiger partial charge in [0, 0.05) is 5.92 Å². The van der Waals surface area contributed by atoms with Gasteiger partial charge in [-0.15, -0.1) is 0 Å². The molecule has 0 bridgehead atoms. The van der Waals surface area contributed by atoms with Crippen molar-refractivity contribution in [2.75, 3.05) is 13.1 Å². The summed E-state index contributed by atoms with van der Waals surface area (Å²) in [6.45, 7) is 6.48. The van der Waals surface area contributed by atoms with Crippen LogP contribution in [-0.2, 0) is 4.79 Å². The van der Waals surface area contributed by atoms with Crippen LogP contribution in [0.5, 0.6) is 0 Å². The first kappa shape index (κ1) is 11.1. The van der Waals surface area contributed by atoms with Gasteiger partial charge < -0.3 is 0 Å². The number of hydrogen-bond acceptors (Lipinski definition) is 2. The third-order valence-electron chi connectivity index (χ3n) is 3.95. The summed E-state index contributed by atoms with van der Waals surface area (Å²) in [5.74, 6) is 0.882. The Labute approximate surface area is 93.0 Å². The van der Waals surface area contributed by atoms with Gasteiger partial charge in [0.25, 0.3) is 0 Å². The van der Waals surface area contributed by atoms with Gasteiger partial charge in [0.1, 0.15) is 0 Å². The molecule has 0 aromatic rings. The van der Waals surface area contributed by atoms with Gasteiger partial charge in [-0.25, -0.2) is 0 Å². The molecule has 2 rings (SSSR count). The maximum absolute atomic E-state index is 12.2. The van der Waals surface area contributed by atoms with E-state index in [1.807, 2.05) is 0 Å². The van der Waals surface area contributed by atoms with Crippen LogP contribution in [0.2, 0.25) is 0 Å². The lowest BCUT2D eigenvalue weighted by Crippen LogP contribution is -2.51. The molecule has 1 aliphatic carbocycles. The topological polar surface area (TPSA) is 20.3 Å². The fourth-order valence-corrected chi connectivity index (χ4v) is 2.63. The first-order valence-corrected chi connectivity index (χ1v) is 6.42. The summed E-state index contributed by atoms with van der Waals surface area (Å²) >= 11 is 0. The van der Waals surface area contributed by atoms with E-state index >= 15 is 0 Å². The molecule has 86 valence electrons. The maximum atomic E-state index is 12.2. The highest BCUT2D eigenvalue weighted by Crippen LogP contribution is 2.36. The summed E-state index contributed by atoms with van der Waals surface area (Å²) < 4.78 is 0. The minimum absolute atomic E-state index is 0.203. The Hall–Kier alpha value is -0.370. The van der Waals surface area contributed by atoms with Crippen LogP contribution in [0.1, 0.15) is 52.4 Å². The normalized spacial score (nSPS) is 24.9. The average Bonchev–Trinajstić information content (AvgIpc) is 3.04. The minimum Gasteiger partial charge on any atom is -0.297 e. The SMILES string of the molecule is CC(C)(C(=O)C1CC1)N1CCCCCC1. The largest absolute Gasteiger partial charge is 0.297 e. The fraction of sp³-hybridized carbons (Fsp3) is 0.923. The Balaban J connectivity index is 2.01. The van der Waals surface area contributed by atoms with Crippen molar-refractivity contribution < 1.29 is 4.79 Å². The summed E-state index contributed by atoms with van der Waals surface area (Å²) in [6.07, 6.45) is 7.48. The molecule has 1 aliphatic heterocycles. The van der Waals surface area contributed by atoms with Crippen LogP contribution >= 0.6 is 0 Å². The lowest BCUT2D eigenvalue weighted by molar-refractivity contribution is -0.130. The van der Waals surface area contributed by atoms with Crippen molar-refractivity contribution in [2.45, 2.75) is 57.9 Å². The van der Waals surface area contributed by atoms with Gasteiger partial charge in [-0.05, 0) is 52.6 Å². The second-order valence-electron chi connectivity index (χ2n) is 5.60. The molecule has 2 aliphatic rings. The molecule has 0 N–H and O–H groups in total. The molecule has 0 aromatic heterocycles. The number of rotatable bonds is 3. The Kier molecular flexibility index (Phi) is 3.15. The standard InChI is InChI=1S/C13H23NO/c1-13(2,12(15)11-7-8-11)14-9-5-3-4-6-10-14/h11H,3-10H2,1-2H3. The molecular formula is C13H23NO. The van der Waals surface area contributed by atoms with E-state index in [4.69, 9.17) is 0 Å². The molecule has 0 spiro atoms. The monoisotopic (exact) mass is 209 g/mol.